The van der Waals surface area contributed by atoms with E-state index in [1.165, 1.54) is 0 Å². The molecule has 0 aliphatic carbocycles. The van der Waals surface area contributed by atoms with Crippen LogP contribution in [0.25, 0.3) is 0 Å². The van der Waals surface area contributed by atoms with Gasteiger partial charge in [0.05, 0.1) is 16.7 Å². The van der Waals surface area contributed by atoms with E-state index in [4.69, 9.17) is 18.9 Å². The predicted octanol–water partition coefficient (Wildman–Crippen LogP) is -0.708. The lowest BCUT2D eigenvalue weighted by Crippen LogP contribution is -2.68. The number of aldehydes is 1. The van der Waals surface area contributed by atoms with Gasteiger partial charge >= 0.3 is 23.7 Å². The number of aromatic hydroxyl groups is 9. The molecule has 4 rings (SSSR count). The topological polar surface area (TPSA) is 328 Å². The molecular weight excluding hydrogens is 640 g/mol. The summed E-state index contributed by atoms with van der Waals surface area (Å²) in [6.45, 7) is -1.09. The fourth-order valence-electron chi connectivity index (χ4n) is 4.28. The van der Waals surface area contributed by atoms with E-state index < -0.39 is 123 Å². The van der Waals surface area contributed by atoms with Crippen LogP contribution in [0.5, 0.6) is 51.7 Å². The van der Waals surface area contributed by atoms with Gasteiger partial charge in [-0.2, -0.15) is 0 Å². The Morgan fingerprint density at radius 2 is 1.04 bits per heavy atom. The normalized spacial score (nSPS) is 22.2. The van der Waals surface area contributed by atoms with Gasteiger partial charge in [0.1, 0.15) is 18.8 Å². The molecule has 5 atom stereocenters. The molecular formula is C28H24O19. The summed E-state index contributed by atoms with van der Waals surface area (Å²) in [5.41, 5.74) is -1.93. The number of hydrogen-bond acceptors (Lipinski definition) is 19. The van der Waals surface area contributed by atoms with Crippen LogP contribution in [0, 0.1) is 0 Å². The molecule has 3 aromatic carbocycles. The van der Waals surface area contributed by atoms with Crippen molar-refractivity contribution < 1.29 is 94.3 Å². The number of phenols is 9. The minimum absolute atomic E-state index is 0.314. The van der Waals surface area contributed by atoms with Crippen LogP contribution in [-0.2, 0) is 23.7 Å². The van der Waals surface area contributed by atoms with Gasteiger partial charge in [-0.25, -0.2) is 14.4 Å². The van der Waals surface area contributed by atoms with E-state index in [2.05, 4.69) is 0 Å². The monoisotopic (exact) mass is 664 g/mol. The highest BCUT2D eigenvalue weighted by Crippen LogP contribution is 2.39. The van der Waals surface area contributed by atoms with E-state index in [0.717, 1.165) is 0 Å². The van der Waals surface area contributed by atoms with Crippen molar-refractivity contribution in [2.24, 2.45) is 0 Å². The zero-order valence-electron chi connectivity index (χ0n) is 23.2. The SMILES string of the molecule is O=C[C@]1(OC(=O)c2cc(O)c(O)c(O)c2)O[C@H](COC(=O)c2cc(O)c(O)c(O)c2)[C@@H](O)[C@H](OC(=O)c2cc(O)c(O)c(O)c2)[C@H]1O. The van der Waals surface area contributed by atoms with E-state index in [1.807, 2.05) is 0 Å². The first-order valence-electron chi connectivity index (χ1n) is 12.9. The van der Waals surface area contributed by atoms with Crippen LogP contribution in [0.15, 0.2) is 36.4 Å². The highest BCUT2D eigenvalue weighted by Gasteiger charge is 2.59. The van der Waals surface area contributed by atoms with E-state index in [1.54, 1.807) is 0 Å². The Hall–Kier alpha value is -6.18. The van der Waals surface area contributed by atoms with E-state index in [0.29, 0.717) is 36.4 Å². The van der Waals surface area contributed by atoms with Gasteiger partial charge < -0.3 is 75.1 Å². The molecule has 47 heavy (non-hydrogen) atoms. The minimum atomic E-state index is -3.21. The van der Waals surface area contributed by atoms with Crippen LogP contribution >= 0.6 is 0 Å². The summed E-state index contributed by atoms with van der Waals surface area (Å²) in [4.78, 5) is 50.8. The number of aliphatic hydroxyl groups is 2. The lowest BCUT2D eigenvalue weighted by atomic mass is 9.92. The van der Waals surface area contributed by atoms with E-state index in [9.17, 15) is 75.3 Å². The predicted molar refractivity (Wildman–Crippen MR) is 145 cm³/mol. The summed E-state index contributed by atoms with van der Waals surface area (Å²) in [5, 5.41) is 109. The maximum Gasteiger partial charge on any atom is 0.341 e. The third kappa shape index (κ3) is 6.47. The first kappa shape index (κ1) is 33.7. The third-order valence-corrected chi connectivity index (χ3v) is 6.73. The molecule has 1 fully saturated rings. The number of phenolic OH excluding ortho intramolecular Hbond substituents is 9. The van der Waals surface area contributed by atoms with Crippen molar-refractivity contribution >= 4 is 24.2 Å². The molecule has 0 bridgehead atoms. The molecule has 3 aromatic rings. The summed E-state index contributed by atoms with van der Waals surface area (Å²) in [5.74, 6) is -16.5. The molecule has 0 radical (unpaired) electrons. The van der Waals surface area contributed by atoms with Gasteiger partial charge in [-0.05, 0) is 36.4 Å². The number of carbonyl (C=O) groups excluding carboxylic acids is 4. The van der Waals surface area contributed by atoms with Gasteiger partial charge in [-0.1, -0.05) is 0 Å². The van der Waals surface area contributed by atoms with Crippen LogP contribution in [0.2, 0.25) is 0 Å². The lowest BCUT2D eigenvalue weighted by Gasteiger charge is -2.45. The molecule has 0 saturated carbocycles. The van der Waals surface area contributed by atoms with Gasteiger partial charge in [-0.3, -0.25) is 4.79 Å². The molecule has 0 aromatic heterocycles. The molecule has 250 valence electrons. The number of carbonyl (C=O) groups is 4. The van der Waals surface area contributed by atoms with Crippen LogP contribution in [0.3, 0.4) is 0 Å². The first-order chi connectivity index (χ1) is 22.0. The third-order valence-electron chi connectivity index (χ3n) is 6.73. The molecule has 1 aliphatic rings. The Bertz CT molecular complexity index is 1680. The average molecular weight is 664 g/mol. The summed E-state index contributed by atoms with van der Waals surface area (Å²) in [6.07, 6.45) is -9.46. The first-order valence-corrected chi connectivity index (χ1v) is 12.9. The second-order valence-corrected chi connectivity index (χ2v) is 9.88. The lowest BCUT2D eigenvalue weighted by molar-refractivity contribution is -0.322. The maximum absolute atomic E-state index is 12.9. The van der Waals surface area contributed by atoms with Crippen LogP contribution in [0.4, 0.5) is 0 Å². The second-order valence-electron chi connectivity index (χ2n) is 9.88. The van der Waals surface area contributed by atoms with Gasteiger partial charge in [0, 0.05) is 0 Å². The zero-order chi connectivity index (χ0) is 35.0. The van der Waals surface area contributed by atoms with Crippen LogP contribution < -0.4 is 0 Å². The number of aliphatic hydroxyl groups excluding tert-OH is 2. The highest BCUT2D eigenvalue weighted by molar-refractivity contribution is 5.93. The van der Waals surface area contributed by atoms with Crippen molar-refractivity contribution in [1.29, 1.82) is 0 Å². The Balaban J connectivity index is 1.68. The fourth-order valence-corrected chi connectivity index (χ4v) is 4.28. The average Bonchev–Trinajstić information content (AvgIpc) is 3.02. The summed E-state index contributed by atoms with van der Waals surface area (Å²) >= 11 is 0. The van der Waals surface area contributed by atoms with Gasteiger partial charge in [0.15, 0.2) is 70.2 Å². The zero-order valence-corrected chi connectivity index (χ0v) is 23.2. The molecule has 19 heteroatoms. The Kier molecular flexibility index (Phi) is 9.09. The molecule has 1 saturated heterocycles. The van der Waals surface area contributed by atoms with E-state index in [-0.39, 0.29) is 6.29 Å². The van der Waals surface area contributed by atoms with Crippen molar-refractivity contribution in [3.8, 4) is 51.7 Å². The van der Waals surface area contributed by atoms with Crippen molar-refractivity contribution in [3.05, 3.63) is 53.1 Å². The molecule has 19 nitrogen and oxygen atoms in total. The molecule has 11 N–H and O–H groups in total. The molecule has 0 unspecified atom stereocenters. The van der Waals surface area contributed by atoms with Crippen molar-refractivity contribution in [2.45, 2.75) is 30.2 Å². The minimum Gasteiger partial charge on any atom is -0.504 e. The Labute approximate surface area is 260 Å². The maximum atomic E-state index is 12.9. The van der Waals surface area contributed by atoms with Crippen molar-refractivity contribution in [1.82, 2.24) is 0 Å². The smallest absolute Gasteiger partial charge is 0.341 e. The van der Waals surface area contributed by atoms with Crippen molar-refractivity contribution in [2.75, 3.05) is 6.61 Å². The van der Waals surface area contributed by atoms with Crippen LogP contribution in [0.1, 0.15) is 31.1 Å². The number of hydrogen-bond donors (Lipinski definition) is 11. The number of esters is 3. The Morgan fingerprint density at radius 1 is 0.660 bits per heavy atom. The molecule has 0 amide bonds. The van der Waals surface area contributed by atoms with E-state index >= 15 is 0 Å². The van der Waals surface area contributed by atoms with Gasteiger partial charge in [0.25, 0.3) is 0 Å². The molecule has 1 heterocycles. The Morgan fingerprint density at radius 3 is 1.45 bits per heavy atom. The van der Waals surface area contributed by atoms with Gasteiger partial charge in [-0.15, -0.1) is 0 Å². The van der Waals surface area contributed by atoms with Crippen LogP contribution in [-0.4, -0.2) is 117 Å². The molecule has 0 spiro atoms. The van der Waals surface area contributed by atoms with Crippen molar-refractivity contribution in [3.63, 3.8) is 0 Å². The quantitative estimate of drug-likeness (QED) is 0.0613. The number of benzene rings is 3. The summed E-state index contributed by atoms with van der Waals surface area (Å²) in [6, 6.07) is 3.78. The molecule has 1 aliphatic heterocycles. The highest BCUT2D eigenvalue weighted by atomic mass is 16.7. The summed E-state index contributed by atoms with van der Waals surface area (Å²) in [7, 11) is 0. The number of rotatable bonds is 8. The van der Waals surface area contributed by atoms with Gasteiger partial charge in [0.2, 0.25) is 0 Å². The largest absolute Gasteiger partial charge is 0.504 e. The second kappa shape index (κ2) is 12.7. The fraction of sp³-hybridized carbons (Fsp3) is 0.214. The summed E-state index contributed by atoms with van der Waals surface area (Å²) < 4.78 is 20.5. The standard InChI is InChI=1S/C28H24O19/c29-8-28(47-27(43)11-5-16(34)21(38)17(35)6-11)24(40)23(45-26(42)10-3-14(32)20(37)15(33)4-10)22(39)18(46-28)7-44-25(41)9-1-12(30)19(36)13(31)2-9/h1-6,8,18,22-24,30-40H,7H2/t18-,22-,23+,24-,28-/m1/s1. The number of ether oxygens (including phenoxy) is 4.